The smallest absolute Gasteiger partial charge is 0.0509 e. The third-order valence-corrected chi connectivity index (χ3v) is 8.39. The molecule has 0 aliphatic rings. The normalized spacial score (nSPS) is 9.46. The monoisotopic (exact) mass is 1540 g/mol. The quantitative estimate of drug-likeness (QED) is 0.0599. The van der Waals surface area contributed by atoms with Crippen LogP contribution in [0.25, 0.3) is 0 Å². The summed E-state index contributed by atoms with van der Waals surface area (Å²) in [5.74, 6) is 0. The molecule has 0 saturated carbocycles. The van der Waals surface area contributed by atoms with Crippen LogP contribution in [0.15, 0.2) is 0 Å². The second-order valence-corrected chi connectivity index (χ2v) is 26.4. The van der Waals surface area contributed by atoms with Gasteiger partial charge in [0.1, 0.15) is 0 Å². The lowest BCUT2D eigenvalue weighted by atomic mass is 10.7. The molecule has 0 amide bonds. The third kappa shape index (κ3) is 254. The second kappa shape index (κ2) is 138. The molecule has 0 aliphatic carbocycles. The van der Waals surface area contributed by atoms with E-state index in [0.29, 0.717) is 0 Å². The molecule has 680 valence electrons. The van der Waals surface area contributed by atoms with E-state index in [0.717, 1.165) is 107 Å². The molecule has 0 spiro atoms. The highest BCUT2D eigenvalue weighted by Gasteiger charge is 2.05. The van der Waals surface area contributed by atoms with Crippen LogP contribution < -0.4 is 0 Å². The van der Waals surface area contributed by atoms with Crippen molar-refractivity contribution >= 4 is 0 Å². The zero-order valence-electron chi connectivity index (χ0n) is 70.0. The van der Waals surface area contributed by atoms with Crippen LogP contribution in [0, 0.1) is 0 Å². The molecule has 24 heteroatoms. The van der Waals surface area contributed by atoms with Crippen molar-refractivity contribution in [2.45, 2.75) is 174 Å². The van der Waals surface area contributed by atoms with Gasteiger partial charge >= 0.3 is 0 Å². The molecule has 0 bridgehead atoms. The zero-order valence-corrected chi connectivity index (χ0v) is 70.0. The van der Waals surface area contributed by atoms with Gasteiger partial charge in [0.25, 0.3) is 0 Å². The summed E-state index contributed by atoms with van der Waals surface area (Å²) in [6, 6.07) is 0. The molecule has 0 aromatic heterocycles. The first-order chi connectivity index (χ1) is 40.2. The Kier molecular flexibility index (Phi) is 252. The number of rotatable bonds is 32. The van der Waals surface area contributed by atoms with Gasteiger partial charge in [-0.3, -0.25) is 118 Å². The van der Waals surface area contributed by atoms with Gasteiger partial charge in [-0.15, -0.1) is 0 Å². The van der Waals surface area contributed by atoms with Gasteiger partial charge in [0.05, 0.1) is 107 Å². The second-order valence-electron chi connectivity index (χ2n) is 26.4. The van der Waals surface area contributed by atoms with E-state index in [2.05, 4.69) is 400 Å². The van der Waals surface area contributed by atoms with Crippen LogP contribution in [0.5, 0.6) is 0 Å². The minimum atomic E-state index is 0. The first-order valence-electron chi connectivity index (χ1n) is 32.0. The van der Waals surface area contributed by atoms with E-state index in [-0.39, 0.29) is 119 Å². The van der Waals surface area contributed by atoms with Crippen LogP contribution in [0.2, 0.25) is 0 Å². The first-order valence-corrected chi connectivity index (χ1v) is 32.0. The summed E-state index contributed by atoms with van der Waals surface area (Å²) in [5.41, 5.74) is 0. The van der Waals surface area contributed by atoms with Gasteiger partial charge in [-0.2, -0.15) is 0 Å². The van der Waals surface area contributed by atoms with Crippen molar-refractivity contribution in [3.05, 3.63) is 0 Å². The fourth-order valence-corrected chi connectivity index (χ4v) is 8.08. The fourth-order valence-electron chi connectivity index (χ4n) is 8.08. The van der Waals surface area contributed by atoms with E-state index in [4.69, 9.17) is 0 Å². The van der Waals surface area contributed by atoms with Gasteiger partial charge in [0.2, 0.25) is 0 Å². The summed E-state index contributed by atoms with van der Waals surface area (Å²) in [5, 5.41) is 0. The summed E-state index contributed by atoms with van der Waals surface area (Å²) in [6.45, 7) is 32.2. The van der Waals surface area contributed by atoms with Crippen LogP contribution in [-0.4, -0.2) is 506 Å². The predicted octanol–water partition coefficient (Wildman–Crippen LogP) is 13.9. The van der Waals surface area contributed by atoms with Crippen molar-refractivity contribution in [2.75, 3.05) is 389 Å². The zero-order chi connectivity index (χ0) is 73.2. The van der Waals surface area contributed by atoms with Crippen LogP contribution in [0.1, 0.15) is 174 Å². The Labute approximate surface area is 677 Å². The molecule has 0 N–H and O–H groups in total. The Morgan fingerprint density at radius 3 is 0.135 bits per heavy atom. The van der Waals surface area contributed by atoms with Gasteiger partial charge in [-0.25, -0.2) is 0 Å². The lowest BCUT2D eigenvalue weighted by Gasteiger charge is -2.24. The molecule has 0 aromatic carbocycles. The minimum Gasteiger partial charge on any atom is -0.297 e. The van der Waals surface area contributed by atoms with E-state index in [1.165, 1.54) is 0 Å². The Morgan fingerprint density at radius 2 is 0.115 bits per heavy atom. The molecule has 0 rings (SSSR count). The summed E-state index contributed by atoms with van der Waals surface area (Å²) in [6.07, 6.45) is 0. The Hall–Kier alpha value is -0.960. The molecular formula is C80H240N24. The fraction of sp³-hybridized carbons (Fsp3) is 1.00. The van der Waals surface area contributed by atoms with E-state index in [1.54, 1.807) is 0 Å². The average Bonchev–Trinajstić information content (AvgIpc) is 3.29. The van der Waals surface area contributed by atoms with E-state index >= 15 is 0 Å². The molecule has 0 aliphatic heterocycles. The maximum absolute atomic E-state index is 2.25. The maximum Gasteiger partial charge on any atom is 0.0509 e. The van der Waals surface area contributed by atoms with Crippen molar-refractivity contribution in [2.24, 2.45) is 0 Å². The highest BCUT2D eigenvalue weighted by atomic mass is 15.4. The third-order valence-electron chi connectivity index (χ3n) is 8.39. The lowest BCUT2D eigenvalue weighted by Crippen LogP contribution is -2.36. The molecule has 0 radical (unpaired) electrons. The number of hydrogen-bond donors (Lipinski definition) is 0. The molecule has 104 heavy (non-hydrogen) atoms. The summed E-state index contributed by atoms with van der Waals surface area (Å²) in [7, 11) is 83.3. The van der Waals surface area contributed by atoms with Gasteiger partial charge in [0.15, 0.2) is 0 Å². The molecule has 0 aromatic rings. The molecular weight excluding hydrogens is 1300 g/mol. The van der Waals surface area contributed by atoms with E-state index in [1.807, 2.05) is 55.4 Å². The van der Waals surface area contributed by atoms with E-state index < -0.39 is 0 Å². The average molecular weight is 1540 g/mol. The van der Waals surface area contributed by atoms with Gasteiger partial charge < -0.3 is 0 Å². The van der Waals surface area contributed by atoms with E-state index in [9.17, 15) is 0 Å². The SMILES string of the molecule is C.C.C.C.C.C.C.C.C.C.C.C.C.C.C.C.CC.CC.CC.CC.CN(C)CN(C)CN(C)C.CN(C)CN(C)CN(C)C.CN(C)CN(C)CN(C)C.CN(C)CN(C)CN(C)C.CN(C)CN(C)CN(C)C.CN(C)CN(C)CN(C)C.CN(C)CN(C)CN(C)C.CN(C)CN(C)CN(C)C. The van der Waals surface area contributed by atoms with Crippen molar-refractivity contribution < 1.29 is 0 Å². The van der Waals surface area contributed by atoms with Crippen LogP contribution >= 0.6 is 0 Å². The molecule has 24 nitrogen and oxygen atoms in total. The lowest BCUT2D eigenvalue weighted by molar-refractivity contribution is 0.147. The van der Waals surface area contributed by atoms with Gasteiger partial charge in [-0.1, -0.05) is 174 Å². The van der Waals surface area contributed by atoms with Crippen molar-refractivity contribution in [3.63, 3.8) is 0 Å². The van der Waals surface area contributed by atoms with Crippen molar-refractivity contribution in [1.82, 2.24) is 118 Å². The number of hydrogen-bond acceptors (Lipinski definition) is 24. The predicted molar refractivity (Wildman–Crippen MR) is 512 cm³/mol. The highest BCUT2D eigenvalue weighted by molar-refractivity contribution is 4.52. The molecule has 0 atom stereocenters. The summed E-state index contributed by atoms with van der Waals surface area (Å²) < 4.78 is 0. The molecule has 0 saturated heterocycles. The molecule has 0 unspecified atom stereocenters. The van der Waals surface area contributed by atoms with Gasteiger partial charge in [0, 0.05) is 0 Å². The van der Waals surface area contributed by atoms with Crippen LogP contribution in [-0.2, 0) is 0 Å². The van der Waals surface area contributed by atoms with Gasteiger partial charge in [-0.05, 0) is 282 Å². The Balaban J connectivity index is -0.0000000235. The highest BCUT2D eigenvalue weighted by Crippen LogP contribution is 1.91. The van der Waals surface area contributed by atoms with Crippen molar-refractivity contribution in [1.29, 1.82) is 0 Å². The van der Waals surface area contributed by atoms with Crippen molar-refractivity contribution in [3.8, 4) is 0 Å². The molecule has 0 heterocycles. The Bertz CT molecular complexity index is 842. The topological polar surface area (TPSA) is 77.8 Å². The maximum atomic E-state index is 2.25. The van der Waals surface area contributed by atoms with Crippen LogP contribution in [0.3, 0.4) is 0 Å². The van der Waals surface area contributed by atoms with Crippen LogP contribution in [0.4, 0.5) is 0 Å². The summed E-state index contributed by atoms with van der Waals surface area (Å²) >= 11 is 0. The first kappa shape index (κ1) is 191. The standard InChI is InChI=1S/8C7H19N3.4C2H6.16CH4/c8*1-8(2)6-10(5)7-9(3)4;4*1-2;;;;;;;;;;;;;;;;/h8*6-7H2,1-5H3;4*1-2H3;16*1H4. The largest absolute Gasteiger partial charge is 0.297 e. The molecule has 0 fully saturated rings. The summed E-state index contributed by atoms with van der Waals surface area (Å²) in [4.78, 5) is 52.5. The number of nitrogens with zero attached hydrogens (tertiary/aromatic N) is 24. The Morgan fingerprint density at radius 1 is 0.0865 bits per heavy atom. The minimum absolute atomic E-state index is 0.